The number of hydrogen-bond donors (Lipinski definition) is 1. The molecule has 0 atom stereocenters. The molecule has 18 heavy (non-hydrogen) atoms. The first-order valence-corrected chi connectivity index (χ1v) is 6.32. The van der Waals surface area contributed by atoms with Gasteiger partial charge < -0.3 is 14.9 Å². The van der Waals surface area contributed by atoms with Crippen molar-refractivity contribution in [2.75, 3.05) is 32.1 Å². The summed E-state index contributed by atoms with van der Waals surface area (Å²) < 4.78 is 0. The molecule has 1 N–H and O–H groups in total. The lowest BCUT2D eigenvalue weighted by Gasteiger charge is -2.21. The van der Waals surface area contributed by atoms with Gasteiger partial charge >= 0.3 is 0 Å². The molecule has 4 nitrogen and oxygen atoms in total. The highest BCUT2D eigenvalue weighted by Gasteiger charge is 2.32. The first kappa shape index (κ1) is 12.9. The second kappa shape index (κ2) is 5.40. The van der Waals surface area contributed by atoms with Gasteiger partial charge in [0, 0.05) is 37.9 Å². The Bertz CT molecular complexity index is 410. The van der Waals surface area contributed by atoms with E-state index in [-0.39, 0.29) is 12.5 Å². The lowest BCUT2D eigenvalue weighted by Crippen LogP contribution is -2.35. The van der Waals surface area contributed by atoms with E-state index in [0.717, 1.165) is 18.5 Å². The molecule has 1 saturated carbocycles. The predicted molar refractivity (Wildman–Crippen MR) is 71.9 cm³/mol. The van der Waals surface area contributed by atoms with Crippen LogP contribution in [0.2, 0.25) is 0 Å². The minimum atomic E-state index is 0.0249. The first-order chi connectivity index (χ1) is 8.63. The largest absolute Gasteiger partial charge is 0.395 e. The quantitative estimate of drug-likeness (QED) is 0.855. The molecule has 0 spiro atoms. The van der Waals surface area contributed by atoms with Gasteiger partial charge in [-0.1, -0.05) is 0 Å². The number of aliphatic hydroxyl groups is 1. The molecule has 0 unspecified atom stereocenters. The van der Waals surface area contributed by atoms with Gasteiger partial charge in [-0.2, -0.15) is 0 Å². The maximum atomic E-state index is 12.3. The van der Waals surface area contributed by atoms with Crippen LogP contribution in [-0.2, 0) is 0 Å². The Kier molecular flexibility index (Phi) is 3.87. The van der Waals surface area contributed by atoms with Crippen molar-refractivity contribution in [1.29, 1.82) is 0 Å². The second-order valence-corrected chi connectivity index (χ2v) is 4.89. The fraction of sp³-hybridized carbons (Fsp3) is 0.500. The van der Waals surface area contributed by atoms with E-state index >= 15 is 0 Å². The fourth-order valence-electron chi connectivity index (χ4n) is 2.01. The molecular formula is C14H20N2O2. The van der Waals surface area contributed by atoms with Gasteiger partial charge in [0.15, 0.2) is 0 Å². The summed E-state index contributed by atoms with van der Waals surface area (Å²) in [6.07, 6.45) is 2.11. The minimum absolute atomic E-state index is 0.0249. The number of rotatable bonds is 5. The van der Waals surface area contributed by atoms with E-state index in [1.807, 2.05) is 43.3 Å². The summed E-state index contributed by atoms with van der Waals surface area (Å²) in [7, 11) is 3.94. The molecule has 0 aliphatic heterocycles. The van der Waals surface area contributed by atoms with Crippen molar-refractivity contribution in [3.63, 3.8) is 0 Å². The first-order valence-electron chi connectivity index (χ1n) is 6.32. The average Bonchev–Trinajstić information content (AvgIpc) is 3.19. The topological polar surface area (TPSA) is 43.8 Å². The van der Waals surface area contributed by atoms with E-state index < -0.39 is 0 Å². The van der Waals surface area contributed by atoms with Crippen LogP contribution in [0.3, 0.4) is 0 Å². The van der Waals surface area contributed by atoms with E-state index in [9.17, 15) is 4.79 Å². The van der Waals surface area contributed by atoms with Crippen LogP contribution in [0.25, 0.3) is 0 Å². The summed E-state index contributed by atoms with van der Waals surface area (Å²) >= 11 is 0. The van der Waals surface area contributed by atoms with E-state index in [2.05, 4.69) is 0 Å². The van der Waals surface area contributed by atoms with Gasteiger partial charge in [0.05, 0.1) is 6.61 Å². The average molecular weight is 248 g/mol. The van der Waals surface area contributed by atoms with Gasteiger partial charge in [0.2, 0.25) is 0 Å². The molecule has 0 aromatic heterocycles. The second-order valence-electron chi connectivity index (χ2n) is 4.89. The summed E-state index contributed by atoms with van der Waals surface area (Å²) in [5, 5.41) is 9.03. The van der Waals surface area contributed by atoms with Gasteiger partial charge in [-0.05, 0) is 37.1 Å². The van der Waals surface area contributed by atoms with Crippen LogP contribution in [-0.4, -0.2) is 49.2 Å². The molecule has 1 amide bonds. The smallest absolute Gasteiger partial charge is 0.254 e. The maximum Gasteiger partial charge on any atom is 0.254 e. The van der Waals surface area contributed by atoms with Crippen LogP contribution in [0.5, 0.6) is 0 Å². The molecule has 0 heterocycles. The van der Waals surface area contributed by atoms with E-state index in [1.54, 1.807) is 4.90 Å². The molecule has 1 aliphatic rings. The molecule has 2 rings (SSSR count). The third-order valence-electron chi connectivity index (χ3n) is 3.22. The van der Waals surface area contributed by atoms with Crippen LogP contribution in [0, 0.1) is 0 Å². The van der Waals surface area contributed by atoms with Crippen LogP contribution >= 0.6 is 0 Å². The van der Waals surface area contributed by atoms with Crippen molar-refractivity contribution in [2.45, 2.75) is 18.9 Å². The molecule has 1 fully saturated rings. The Hall–Kier alpha value is -1.55. The molecule has 0 bridgehead atoms. The number of anilines is 1. The molecule has 0 saturated heterocycles. The zero-order chi connectivity index (χ0) is 13.1. The molecular weight excluding hydrogens is 228 g/mol. The number of aliphatic hydroxyl groups excluding tert-OH is 1. The van der Waals surface area contributed by atoms with Gasteiger partial charge in [-0.15, -0.1) is 0 Å². The molecule has 1 aromatic rings. The third kappa shape index (κ3) is 2.82. The van der Waals surface area contributed by atoms with E-state index in [0.29, 0.717) is 18.2 Å². The number of nitrogens with zero attached hydrogens (tertiary/aromatic N) is 2. The molecule has 4 heteroatoms. The standard InChI is InChI=1S/C14H20N2O2/c1-15(2)12-5-3-11(4-6-12)14(18)16(9-10-17)13-7-8-13/h3-6,13,17H,7-10H2,1-2H3. The number of carbonyl (C=O) groups is 1. The highest BCUT2D eigenvalue weighted by Crippen LogP contribution is 2.28. The molecule has 1 aromatic carbocycles. The Morgan fingerprint density at radius 3 is 2.33 bits per heavy atom. The van der Waals surface area contributed by atoms with Crippen molar-refractivity contribution >= 4 is 11.6 Å². The van der Waals surface area contributed by atoms with Crippen molar-refractivity contribution < 1.29 is 9.90 Å². The summed E-state index contributed by atoms with van der Waals surface area (Å²) in [4.78, 5) is 16.1. The SMILES string of the molecule is CN(C)c1ccc(C(=O)N(CCO)C2CC2)cc1. The molecule has 1 aliphatic carbocycles. The van der Waals surface area contributed by atoms with Crippen LogP contribution in [0.4, 0.5) is 5.69 Å². The van der Waals surface area contributed by atoms with Gasteiger partial charge in [-0.25, -0.2) is 0 Å². The Morgan fingerprint density at radius 2 is 1.89 bits per heavy atom. The van der Waals surface area contributed by atoms with Crippen LogP contribution in [0.15, 0.2) is 24.3 Å². The monoisotopic (exact) mass is 248 g/mol. The highest BCUT2D eigenvalue weighted by atomic mass is 16.3. The lowest BCUT2D eigenvalue weighted by molar-refractivity contribution is 0.0707. The summed E-state index contributed by atoms with van der Waals surface area (Å²) in [6, 6.07) is 7.92. The number of amides is 1. The molecule has 98 valence electrons. The normalized spacial score (nSPS) is 14.4. The Morgan fingerprint density at radius 1 is 1.28 bits per heavy atom. The molecule has 0 radical (unpaired) electrons. The third-order valence-corrected chi connectivity index (χ3v) is 3.22. The van der Waals surface area contributed by atoms with E-state index in [1.165, 1.54) is 0 Å². The predicted octanol–water partition coefficient (Wildman–Crippen LogP) is 1.35. The van der Waals surface area contributed by atoms with Crippen molar-refractivity contribution in [1.82, 2.24) is 4.90 Å². The summed E-state index contributed by atoms with van der Waals surface area (Å²) in [5.41, 5.74) is 1.77. The number of benzene rings is 1. The number of carbonyl (C=O) groups excluding carboxylic acids is 1. The van der Waals surface area contributed by atoms with Gasteiger partial charge in [-0.3, -0.25) is 4.79 Å². The van der Waals surface area contributed by atoms with Crippen LogP contribution in [0.1, 0.15) is 23.2 Å². The van der Waals surface area contributed by atoms with Crippen LogP contribution < -0.4 is 4.90 Å². The minimum Gasteiger partial charge on any atom is -0.395 e. The van der Waals surface area contributed by atoms with Gasteiger partial charge in [0.1, 0.15) is 0 Å². The zero-order valence-electron chi connectivity index (χ0n) is 11.0. The summed E-state index contributed by atoms with van der Waals surface area (Å²) in [5.74, 6) is 0.0249. The van der Waals surface area contributed by atoms with E-state index in [4.69, 9.17) is 5.11 Å². The summed E-state index contributed by atoms with van der Waals surface area (Å²) in [6.45, 7) is 0.455. The van der Waals surface area contributed by atoms with Crippen molar-refractivity contribution in [3.8, 4) is 0 Å². The Balaban J connectivity index is 2.11. The number of hydrogen-bond acceptors (Lipinski definition) is 3. The fourth-order valence-corrected chi connectivity index (χ4v) is 2.01. The van der Waals surface area contributed by atoms with Crippen molar-refractivity contribution in [2.24, 2.45) is 0 Å². The van der Waals surface area contributed by atoms with Crippen molar-refractivity contribution in [3.05, 3.63) is 29.8 Å². The highest BCUT2D eigenvalue weighted by molar-refractivity contribution is 5.95. The van der Waals surface area contributed by atoms with Gasteiger partial charge in [0.25, 0.3) is 5.91 Å². The maximum absolute atomic E-state index is 12.3. The lowest BCUT2D eigenvalue weighted by atomic mass is 10.1. The Labute approximate surface area is 108 Å². The zero-order valence-corrected chi connectivity index (χ0v) is 11.0.